The quantitative estimate of drug-likeness (QED) is 0.596. The second-order valence-corrected chi connectivity index (χ2v) is 5.80. The molecule has 0 spiro atoms. The second-order valence-electron chi connectivity index (χ2n) is 5.80. The van der Waals surface area contributed by atoms with E-state index >= 15 is 0 Å². The van der Waals surface area contributed by atoms with Gasteiger partial charge in [0, 0.05) is 11.6 Å². The summed E-state index contributed by atoms with van der Waals surface area (Å²) in [6.45, 7) is 0. The Kier molecular flexibility index (Phi) is 5.00. The van der Waals surface area contributed by atoms with Crippen LogP contribution in [-0.4, -0.2) is 34.2 Å². The van der Waals surface area contributed by atoms with Crippen molar-refractivity contribution in [3.8, 4) is 5.75 Å². The van der Waals surface area contributed by atoms with E-state index in [4.69, 9.17) is 0 Å². The molecule has 0 aliphatic carbocycles. The molecule has 3 N–H and O–H groups in total. The number of aromatic nitrogens is 1. The Hall–Kier alpha value is -3.52. The fourth-order valence-corrected chi connectivity index (χ4v) is 2.75. The first-order valence-corrected chi connectivity index (χ1v) is 7.86. The van der Waals surface area contributed by atoms with Crippen LogP contribution in [0.25, 0.3) is 10.9 Å². The zero-order valence-electron chi connectivity index (χ0n) is 14.2. The van der Waals surface area contributed by atoms with E-state index in [1.54, 1.807) is 18.2 Å². The van der Waals surface area contributed by atoms with E-state index in [0.717, 1.165) is 11.6 Å². The van der Waals surface area contributed by atoms with Crippen LogP contribution in [0.2, 0.25) is 0 Å². The normalized spacial score (nSPS) is 10.7. The Morgan fingerprint density at radius 2 is 1.85 bits per heavy atom. The maximum atomic E-state index is 13.0. The standard InChI is InChI=1S/C19H15FN2O5/c1-27-22-18(24)15-8-14(19(25)26)13-7-11(9-21-16(13)17(15)23)6-10-2-4-12(20)5-3-10/h2-5,7-9,23H,6H2,1H3,(H,22,24)(H,25,26). The van der Waals surface area contributed by atoms with Crippen molar-refractivity contribution in [3.63, 3.8) is 0 Å². The number of hydrogen-bond donors (Lipinski definition) is 3. The van der Waals surface area contributed by atoms with E-state index in [1.165, 1.54) is 25.4 Å². The minimum atomic E-state index is -1.27. The predicted molar refractivity (Wildman–Crippen MR) is 94.0 cm³/mol. The summed E-state index contributed by atoms with van der Waals surface area (Å²) in [5, 5.41) is 20.0. The minimum Gasteiger partial charge on any atom is -0.505 e. The van der Waals surface area contributed by atoms with Gasteiger partial charge >= 0.3 is 5.97 Å². The van der Waals surface area contributed by atoms with Gasteiger partial charge in [-0.25, -0.2) is 14.7 Å². The monoisotopic (exact) mass is 370 g/mol. The Morgan fingerprint density at radius 1 is 1.15 bits per heavy atom. The maximum Gasteiger partial charge on any atom is 0.336 e. The number of halogens is 1. The molecule has 0 aliphatic heterocycles. The van der Waals surface area contributed by atoms with Gasteiger partial charge in [0.05, 0.1) is 18.2 Å². The molecule has 1 amide bonds. The number of hydroxylamine groups is 1. The van der Waals surface area contributed by atoms with Crippen LogP contribution >= 0.6 is 0 Å². The van der Waals surface area contributed by atoms with Crippen LogP contribution in [0, 0.1) is 5.82 Å². The van der Waals surface area contributed by atoms with Gasteiger partial charge in [0.1, 0.15) is 11.3 Å². The number of aromatic carboxylic acids is 1. The first-order valence-electron chi connectivity index (χ1n) is 7.86. The number of carboxylic acids is 1. The summed E-state index contributed by atoms with van der Waals surface area (Å²) in [6.07, 6.45) is 1.87. The Labute approximate surface area is 153 Å². The lowest BCUT2D eigenvalue weighted by Crippen LogP contribution is -2.22. The molecule has 0 saturated carbocycles. The number of aromatic hydroxyl groups is 1. The predicted octanol–water partition coefficient (Wildman–Crippen LogP) is 2.66. The lowest BCUT2D eigenvalue weighted by molar-refractivity contribution is 0.0535. The van der Waals surface area contributed by atoms with Gasteiger partial charge in [0.25, 0.3) is 5.91 Å². The molecule has 0 fully saturated rings. The molecular weight excluding hydrogens is 355 g/mol. The summed E-state index contributed by atoms with van der Waals surface area (Å²) in [5.74, 6) is -2.86. The number of benzene rings is 2. The molecule has 3 rings (SSSR count). The molecule has 3 aromatic rings. The molecule has 0 radical (unpaired) electrons. The van der Waals surface area contributed by atoms with E-state index < -0.39 is 17.6 Å². The third-order valence-corrected chi connectivity index (χ3v) is 3.99. The number of nitrogens with one attached hydrogen (secondary N) is 1. The molecule has 1 heterocycles. The molecule has 0 atom stereocenters. The van der Waals surface area contributed by atoms with E-state index in [2.05, 4.69) is 9.82 Å². The summed E-state index contributed by atoms with van der Waals surface area (Å²) in [6, 6.07) is 8.54. The summed E-state index contributed by atoms with van der Waals surface area (Å²) < 4.78 is 13.0. The maximum absolute atomic E-state index is 13.0. The minimum absolute atomic E-state index is 0.0148. The van der Waals surface area contributed by atoms with Crippen LogP contribution < -0.4 is 5.48 Å². The number of fused-ring (bicyclic) bond motifs is 1. The summed E-state index contributed by atoms with van der Waals surface area (Å²) >= 11 is 0. The zero-order valence-corrected chi connectivity index (χ0v) is 14.2. The van der Waals surface area contributed by atoms with E-state index in [1.807, 2.05) is 5.48 Å². The fourth-order valence-electron chi connectivity index (χ4n) is 2.75. The molecule has 0 unspecified atom stereocenters. The first-order chi connectivity index (χ1) is 12.9. The average molecular weight is 370 g/mol. The first kappa shape index (κ1) is 18.3. The Morgan fingerprint density at radius 3 is 2.48 bits per heavy atom. The van der Waals surface area contributed by atoms with Crippen molar-refractivity contribution in [2.24, 2.45) is 0 Å². The van der Waals surface area contributed by atoms with E-state index in [0.29, 0.717) is 12.0 Å². The lowest BCUT2D eigenvalue weighted by atomic mass is 9.99. The van der Waals surface area contributed by atoms with Gasteiger partial charge in [-0.2, -0.15) is 0 Å². The average Bonchev–Trinajstić information content (AvgIpc) is 2.64. The highest BCUT2D eigenvalue weighted by atomic mass is 19.1. The number of hydrogen-bond acceptors (Lipinski definition) is 5. The molecule has 0 bridgehead atoms. The summed E-state index contributed by atoms with van der Waals surface area (Å²) in [7, 11) is 1.22. The molecule has 8 heteroatoms. The van der Waals surface area contributed by atoms with Gasteiger partial charge in [-0.05, 0) is 41.8 Å². The van der Waals surface area contributed by atoms with Crippen molar-refractivity contribution < 1.29 is 29.0 Å². The SMILES string of the molecule is CONC(=O)c1cc(C(=O)O)c2cc(Cc3ccc(F)cc3)cnc2c1O. The van der Waals surface area contributed by atoms with Crippen LogP contribution in [0.15, 0.2) is 42.6 Å². The van der Waals surface area contributed by atoms with Crippen LogP contribution in [0.4, 0.5) is 4.39 Å². The van der Waals surface area contributed by atoms with E-state index in [-0.39, 0.29) is 27.8 Å². The second kappa shape index (κ2) is 7.38. The number of carboxylic acid groups (broad SMARTS) is 1. The molecule has 7 nitrogen and oxygen atoms in total. The number of phenols is 1. The molecule has 0 aliphatic rings. The number of nitrogens with zero attached hydrogens (tertiary/aromatic N) is 1. The lowest BCUT2D eigenvalue weighted by Gasteiger charge is -2.11. The number of carbonyl (C=O) groups excluding carboxylic acids is 1. The molecular formula is C19H15FN2O5. The van der Waals surface area contributed by atoms with E-state index in [9.17, 15) is 24.2 Å². The van der Waals surface area contributed by atoms with Gasteiger partial charge in [-0.1, -0.05) is 12.1 Å². The number of phenolic OH excluding ortho intramolecular Hbond substituents is 1. The summed E-state index contributed by atoms with van der Waals surface area (Å²) in [4.78, 5) is 32.3. The molecule has 0 saturated heterocycles. The van der Waals surface area contributed by atoms with Crippen molar-refractivity contribution in [3.05, 3.63) is 70.7 Å². The zero-order chi connectivity index (χ0) is 19.6. The number of amides is 1. The van der Waals surface area contributed by atoms with Gasteiger partial charge in [0.2, 0.25) is 0 Å². The third kappa shape index (κ3) is 3.70. The highest BCUT2D eigenvalue weighted by Crippen LogP contribution is 2.31. The van der Waals surface area contributed by atoms with Gasteiger partial charge in [0.15, 0.2) is 5.75 Å². The van der Waals surface area contributed by atoms with Crippen molar-refractivity contribution in [1.82, 2.24) is 10.5 Å². The van der Waals surface area contributed by atoms with Crippen molar-refractivity contribution >= 4 is 22.8 Å². The highest BCUT2D eigenvalue weighted by molar-refractivity contribution is 6.10. The molecule has 138 valence electrons. The number of pyridine rings is 1. The number of rotatable bonds is 5. The Balaban J connectivity index is 2.11. The van der Waals surface area contributed by atoms with Crippen molar-refractivity contribution in [1.29, 1.82) is 0 Å². The van der Waals surface area contributed by atoms with Crippen LogP contribution in [0.1, 0.15) is 31.8 Å². The van der Waals surface area contributed by atoms with Gasteiger partial charge in [-0.3, -0.25) is 14.6 Å². The third-order valence-electron chi connectivity index (χ3n) is 3.99. The van der Waals surface area contributed by atoms with Crippen molar-refractivity contribution in [2.45, 2.75) is 6.42 Å². The van der Waals surface area contributed by atoms with Gasteiger partial charge < -0.3 is 10.2 Å². The largest absolute Gasteiger partial charge is 0.505 e. The molecule has 2 aromatic carbocycles. The van der Waals surface area contributed by atoms with Crippen LogP contribution in [-0.2, 0) is 11.3 Å². The molecule has 1 aromatic heterocycles. The Bertz CT molecular complexity index is 1030. The van der Waals surface area contributed by atoms with Crippen molar-refractivity contribution in [2.75, 3.05) is 7.11 Å². The van der Waals surface area contributed by atoms with Crippen LogP contribution in [0.3, 0.4) is 0 Å². The number of carbonyl (C=O) groups is 2. The highest BCUT2D eigenvalue weighted by Gasteiger charge is 2.21. The topological polar surface area (TPSA) is 109 Å². The smallest absolute Gasteiger partial charge is 0.336 e. The fraction of sp³-hybridized carbons (Fsp3) is 0.105. The van der Waals surface area contributed by atoms with Crippen LogP contribution in [0.5, 0.6) is 5.75 Å². The molecule has 27 heavy (non-hydrogen) atoms. The van der Waals surface area contributed by atoms with Gasteiger partial charge in [-0.15, -0.1) is 0 Å². The summed E-state index contributed by atoms with van der Waals surface area (Å²) in [5.41, 5.74) is 3.06.